The summed E-state index contributed by atoms with van der Waals surface area (Å²) >= 11 is 6.33. The maximum Gasteiger partial charge on any atom is 0.159 e. The van der Waals surface area contributed by atoms with Crippen LogP contribution in [0.25, 0.3) is 0 Å². The van der Waals surface area contributed by atoms with Crippen LogP contribution in [0.2, 0.25) is 5.02 Å². The molecule has 1 saturated heterocycles. The number of nitrogens with zero attached hydrogens (tertiary/aromatic N) is 2. The SMILES string of the molecule is CC(=O)c1ccc(N2CCN(C(C)(C)C)CC2)c(Cl)c1. The molecule has 0 aliphatic carbocycles. The molecule has 0 atom stereocenters. The highest BCUT2D eigenvalue weighted by Gasteiger charge is 2.26. The minimum absolute atomic E-state index is 0.0519. The molecule has 0 saturated carbocycles. The van der Waals surface area contributed by atoms with Crippen LogP contribution in [0.1, 0.15) is 38.1 Å². The van der Waals surface area contributed by atoms with Crippen LogP contribution >= 0.6 is 11.6 Å². The Morgan fingerprint density at radius 2 is 1.75 bits per heavy atom. The van der Waals surface area contributed by atoms with Crippen LogP contribution in [0, 0.1) is 0 Å². The van der Waals surface area contributed by atoms with E-state index in [1.54, 1.807) is 13.0 Å². The van der Waals surface area contributed by atoms with Gasteiger partial charge in [0.2, 0.25) is 0 Å². The largest absolute Gasteiger partial charge is 0.368 e. The lowest BCUT2D eigenvalue weighted by Gasteiger charge is -2.43. The number of hydrogen-bond acceptors (Lipinski definition) is 3. The van der Waals surface area contributed by atoms with Crippen LogP contribution in [0.3, 0.4) is 0 Å². The van der Waals surface area contributed by atoms with Gasteiger partial charge in [-0.15, -0.1) is 0 Å². The minimum atomic E-state index is 0.0519. The van der Waals surface area contributed by atoms with E-state index in [-0.39, 0.29) is 11.3 Å². The first kappa shape index (κ1) is 15.3. The Morgan fingerprint density at radius 3 is 2.20 bits per heavy atom. The summed E-state index contributed by atoms with van der Waals surface area (Å²) in [6.07, 6.45) is 0. The molecule has 1 heterocycles. The molecule has 0 unspecified atom stereocenters. The summed E-state index contributed by atoms with van der Waals surface area (Å²) in [5.74, 6) is 0.0519. The zero-order valence-electron chi connectivity index (χ0n) is 12.7. The van der Waals surface area contributed by atoms with Crippen molar-refractivity contribution in [3.63, 3.8) is 0 Å². The van der Waals surface area contributed by atoms with Crippen molar-refractivity contribution in [1.82, 2.24) is 4.90 Å². The summed E-state index contributed by atoms with van der Waals surface area (Å²) in [4.78, 5) is 16.1. The van der Waals surface area contributed by atoms with E-state index in [1.807, 2.05) is 12.1 Å². The highest BCUT2D eigenvalue weighted by molar-refractivity contribution is 6.33. The number of carbonyl (C=O) groups is 1. The lowest BCUT2D eigenvalue weighted by Crippen LogP contribution is -2.53. The van der Waals surface area contributed by atoms with E-state index < -0.39 is 0 Å². The topological polar surface area (TPSA) is 23.6 Å². The molecule has 0 radical (unpaired) electrons. The Balaban J connectivity index is 2.09. The van der Waals surface area contributed by atoms with Gasteiger partial charge in [0.1, 0.15) is 0 Å². The predicted molar refractivity (Wildman–Crippen MR) is 85.0 cm³/mol. The van der Waals surface area contributed by atoms with Crippen molar-refractivity contribution in [2.45, 2.75) is 33.2 Å². The number of Topliss-reactive ketones (excluding diaryl/α,β-unsaturated/α-hetero) is 1. The number of benzene rings is 1. The zero-order valence-corrected chi connectivity index (χ0v) is 13.5. The van der Waals surface area contributed by atoms with Gasteiger partial charge in [-0.2, -0.15) is 0 Å². The second-order valence-corrected chi connectivity index (χ2v) is 6.77. The van der Waals surface area contributed by atoms with Crippen molar-refractivity contribution in [3.05, 3.63) is 28.8 Å². The van der Waals surface area contributed by atoms with Gasteiger partial charge in [0.05, 0.1) is 10.7 Å². The summed E-state index contributed by atoms with van der Waals surface area (Å²) < 4.78 is 0. The van der Waals surface area contributed by atoms with E-state index >= 15 is 0 Å². The molecule has 0 spiro atoms. The van der Waals surface area contributed by atoms with Crippen molar-refractivity contribution in [1.29, 1.82) is 0 Å². The van der Waals surface area contributed by atoms with Gasteiger partial charge in [0.25, 0.3) is 0 Å². The van der Waals surface area contributed by atoms with E-state index in [2.05, 4.69) is 30.6 Å². The zero-order chi connectivity index (χ0) is 14.9. The van der Waals surface area contributed by atoms with Gasteiger partial charge < -0.3 is 4.90 Å². The van der Waals surface area contributed by atoms with Gasteiger partial charge in [-0.3, -0.25) is 9.69 Å². The summed E-state index contributed by atoms with van der Waals surface area (Å²) in [6, 6.07) is 5.60. The van der Waals surface area contributed by atoms with Gasteiger partial charge in [-0.05, 0) is 45.9 Å². The Labute approximate surface area is 126 Å². The molecule has 0 amide bonds. The van der Waals surface area contributed by atoms with Gasteiger partial charge in [-0.1, -0.05) is 11.6 Å². The number of ketones is 1. The molecule has 0 bridgehead atoms. The van der Waals surface area contributed by atoms with E-state index in [1.165, 1.54) is 0 Å². The Kier molecular flexibility index (Phi) is 4.40. The highest BCUT2D eigenvalue weighted by atomic mass is 35.5. The third-order valence-electron chi connectivity index (χ3n) is 3.92. The first-order valence-corrected chi connectivity index (χ1v) is 7.47. The standard InChI is InChI=1S/C16H23ClN2O/c1-12(20)13-5-6-15(14(17)11-13)18-7-9-19(10-8-18)16(2,3)4/h5-6,11H,7-10H2,1-4H3. The smallest absolute Gasteiger partial charge is 0.159 e. The number of carbonyl (C=O) groups excluding carboxylic acids is 1. The third kappa shape index (κ3) is 3.33. The summed E-state index contributed by atoms with van der Waals surface area (Å²) in [5, 5.41) is 0.668. The second-order valence-electron chi connectivity index (χ2n) is 6.37. The van der Waals surface area contributed by atoms with Crippen molar-refractivity contribution in [2.75, 3.05) is 31.1 Å². The summed E-state index contributed by atoms with van der Waals surface area (Å²) in [6.45, 7) is 12.3. The molecule has 3 nitrogen and oxygen atoms in total. The normalized spacial score (nSPS) is 17.4. The second kappa shape index (κ2) is 5.74. The summed E-state index contributed by atoms with van der Waals surface area (Å²) in [5.41, 5.74) is 1.92. The number of rotatable bonds is 2. The molecule has 1 aromatic carbocycles. The predicted octanol–water partition coefficient (Wildman–Crippen LogP) is 3.46. The Bertz CT molecular complexity index is 500. The van der Waals surface area contributed by atoms with Crippen molar-refractivity contribution in [3.8, 4) is 0 Å². The van der Waals surface area contributed by atoms with Crippen LogP contribution in [0.5, 0.6) is 0 Å². The van der Waals surface area contributed by atoms with Crippen LogP contribution in [-0.2, 0) is 0 Å². The maximum atomic E-state index is 11.4. The number of anilines is 1. The third-order valence-corrected chi connectivity index (χ3v) is 4.23. The molecular formula is C16H23ClN2O. The number of halogens is 1. The van der Waals surface area contributed by atoms with Crippen LogP contribution in [0.15, 0.2) is 18.2 Å². The van der Waals surface area contributed by atoms with Crippen LogP contribution < -0.4 is 4.90 Å². The Morgan fingerprint density at radius 1 is 1.15 bits per heavy atom. The summed E-state index contributed by atoms with van der Waals surface area (Å²) in [7, 11) is 0. The minimum Gasteiger partial charge on any atom is -0.368 e. The fourth-order valence-electron chi connectivity index (χ4n) is 2.60. The van der Waals surface area contributed by atoms with Gasteiger partial charge in [0.15, 0.2) is 5.78 Å². The molecule has 4 heteroatoms. The highest BCUT2D eigenvalue weighted by Crippen LogP contribution is 2.29. The van der Waals surface area contributed by atoms with Crippen LogP contribution in [0.4, 0.5) is 5.69 Å². The van der Waals surface area contributed by atoms with Crippen LogP contribution in [-0.4, -0.2) is 42.4 Å². The first-order chi connectivity index (χ1) is 9.29. The molecule has 1 fully saturated rings. The van der Waals surface area contributed by atoms with Gasteiger partial charge in [0, 0.05) is 37.3 Å². The van der Waals surface area contributed by atoms with E-state index in [9.17, 15) is 4.79 Å². The monoisotopic (exact) mass is 294 g/mol. The van der Waals surface area contributed by atoms with Gasteiger partial charge in [-0.25, -0.2) is 0 Å². The Hall–Kier alpha value is -1.06. The molecule has 0 N–H and O–H groups in total. The van der Waals surface area contributed by atoms with E-state index in [0.717, 1.165) is 31.9 Å². The fraction of sp³-hybridized carbons (Fsp3) is 0.562. The van der Waals surface area contributed by atoms with E-state index in [4.69, 9.17) is 11.6 Å². The lowest BCUT2D eigenvalue weighted by molar-refractivity contribution is 0.101. The number of piperazine rings is 1. The molecule has 0 aromatic heterocycles. The maximum absolute atomic E-state index is 11.4. The van der Waals surface area contributed by atoms with Crippen molar-refractivity contribution in [2.24, 2.45) is 0 Å². The number of hydrogen-bond donors (Lipinski definition) is 0. The average Bonchev–Trinajstić information content (AvgIpc) is 2.37. The molecule has 1 aliphatic rings. The fourth-order valence-corrected chi connectivity index (χ4v) is 2.90. The molecule has 20 heavy (non-hydrogen) atoms. The van der Waals surface area contributed by atoms with E-state index in [0.29, 0.717) is 10.6 Å². The lowest BCUT2D eigenvalue weighted by atomic mass is 10.0. The molecule has 110 valence electrons. The average molecular weight is 295 g/mol. The quantitative estimate of drug-likeness (QED) is 0.781. The molecule has 2 rings (SSSR count). The molecule has 1 aromatic rings. The van der Waals surface area contributed by atoms with Crippen molar-refractivity contribution >= 4 is 23.1 Å². The van der Waals surface area contributed by atoms with Gasteiger partial charge >= 0.3 is 0 Å². The molecule has 1 aliphatic heterocycles. The van der Waals surface area contributed by atoms with Crippen molar-refractivity contribution < 1.29 is 4.79 Å². The first-order valence-electron chi connectivity index (χ1n) is 7.09. The molecular weight excluding hydrogens is 272 g/mol.